The third-order valence-electron chi connectivity index (χ3n) is 6.97. The van der Waals surface area contributed by atoms with Crippen molar-refractivity contribution in [1.82, 2.24) is 5.32 Å². The van der Waals surface area contributed by atoms with Crippen LogP contribution in [0.3, 0.4) is 0 Å². The summed E-state index contributed by atoms with van der Waals surface area (Å²) in [6.45, 7) is 2.17. The van der Waals surface area contributed by atoms with Crippen LogP contribution in [0.2, 0.25) is 0 Å². The van der Waals surface area contributed by atoms with Crippen LogP contribution in [0, 0.1) is 23.2 Å². The Bertz CT molecular complexity index is 779. The highest BCUT2D eigenvalue weighted by molar-refractivity contribution is 7.89. The second kappa shape index (κ2) is 6.36. The number of rotatable bonds is 5. The van der Waals surface area contributed by atoms with Crippen LogP contribution in [0.1, 0.15) is 61.4 Å². The number of carbonyl (C=O) groups excluding carboxylic acids is 1. The van der Waals surface area contributed by atoms with Crippen LogP contribution in [-0.2, 0) is 15.6 Å². The van der Waals surface area contributed by atoms with Gasteiger partial charge in [-0.1, -0.05) is 12.1 Å². The number of hydrogen-bond acceptors (Lipinski definition) is 3. The lowest BCUT2D eigenvalue weighted by Gasteiger charge is -2.59. The van der Waals surface area contributed by atoms with E-state index in [1.54, 1.807) is 24.3 Å². The van der Waals surface area contributed by atoms with Crippen molar-refractivity contribution in [3.8, 4) is 0 Å². The molecule has 1 atom stereocenters. The predicted octanol–water partition coefficient (Wildman–Crippen LogP) is 3.57. The van der Waals surface area contributed by atoms with Gasteiger partial charge in [-0.15, -0.1) is 0 Å². The molecule has 4 bridgehead atoms. The minimum atomic E-state index is -3.11. The van der Waals surface area contributed by atoms with E-state index >= 15 is 0 Å². The van der Waals surface area contributed by atoms with E-state index in [0.717, 1.165) is 17.8 Å². The Morgan fingerprint density at radius 1 is 1.15 bits per heavy atom. The van der Waals surface area contributed by atoms with E-state index < -0.39 is 9.84 Å². The van der Waals surface area contributed by atoms with Gasteiger partial charge in [0, 0.05) is 17.9 Å². The SMILES string of the molecule is CC(NC(=O)c1cccc(CS(C)(=O)=O)c1)C12CC3CC(CC(C3)C1)C2. The van der Waals surface area contributed by atoms with Gasteiger partial charge in [-0.2, -0.15) is 0 Å². The highest BCUT2D eigenvalue weighted by Crippen LogP contribution is 2.61. The largest absolute Gasteiger partial charge is 0.349 e. The fourth-order valence-electron chi connectivity index (χ4n) is 6.25. The van der Waals surface area contributed by atoms with Gasteiger partial charge in [0.25, 0.3) is 5.91 Å². The van der Waals surface area contributed by atoms with Crippen molar-refractivity contribution in [1.29, 1.82) is 0 Å². The Kier molecular flexibility index (Phi) is 4.41. The highest BCUT2D eigenvalue weighted by Gasteiger charge is 2.53. The molecule has 1 unspecified atom stereocenters. The molecule has 142 valence electrons. The molecule has 5 heteroatoms. The fourth-order valence-corrected chi connectivity index (χ4v) is 7.03. The topological polar surface area (TPSA) is 63.2 Å². The number of hydrogen-bond donors (Lipinski definition) is 1. The second-order valence-electron chi connectivity index (χ2n) is 9.25. The normalized spacial score (nSPS) is 33.8. The average Bonchev–Trinajstić information content (AvgIpc) is 2.52. The van der Waals surface area contributed by atoms with Crippen LogP contribution in [-0.4, -0.2) is 26.6 Å². The zero-order valence-corrected chi connectivity index (χ0v) is 16.5. The van der Waals surface area contributed by atoms with Crippen molar-refractivity contribution in [3.63, 3.8) is 0 Å². The second-order valence-corrected chi connectivity index (χ2v) is 11.4. The molecular weight excluding hydrogens is 346 g/mol. The van der Waals surface area contributed by atoms with E-state index in [4.69, 9.17) is 0 Å². The molecule has 26 heavy (non-hydrogen) atoms. The Morgan fingerprint density at radius 2 is 1.73 bits per heavy atom. The number of nitrogens with one attached hydrogen (secondary N) is 1. The molecule has 4 saturated carbocycles. The first kappa shape index (κ1) is 18.0. The molecular formula is C21H29NO3S. The van der Waals surface area contributed by atoms with E-state index in [-0.39, 0.29) is 23.1 Å². The lowest BCUT2D eigenvalue weighted by Crippen LogP contribution is -2.55. The van der Waals surface area contributed by atoms with Gasteiger partial charge in [-0.05, 0) is 86.3 Å². The summed E-state index contributed by atoms with van der Waals surface area (Å²) < 4.78 is 23.0. The first-order valence-electron chi connectivity index (χ1n) is 9.80. The monoisotopic (exact) mass is 375 g/mol. The molecule has 1 amide bonds. The standard InChI is InChI=1S/C21H29NO3S/c1-14(21-10-16-6-17(11-21)8-18(7-16)12-21)22-20(23)19-5-3-4-15(9-19)13-26(2,24)25/h3-5,9,14,16-18H,6-8,10-13H2,1-2H3,(H,22,23). The van der Waals surface area contributed by atoms with E-state index in [9.17, 15) is 13.2 Å². The van der Waals surface area contributed by atoms with E-state index in [1.807, 2.05) is 0 Å². The van der Waals surface area contributed by atoms with Crippen LogP contribution in [0.5, 0.6) is 0 Å². The van der Waals surface area contributed by atoms with Crippen molar-refractivity contribution in [2.24, 2.45) is 23.2 Å². The first-order valence-corrected chi connectivity index (χ1v) is 11.9. The molecule has 4 aliphatic carbocycles. The van der Waals surface area contributed by atoms with Gasteiger partial charge < -0.3 is 5.32 Å². The van der Waals surface area contributed by atoms with Crippen LogP contribution in [0.25, 0.3) is 0 Å². The molecule has 1 aromatic carbocycles. The lowest BCUT2D eigenvalue weighted by atomic mass is 9.48. The van der Waals surface area contributed by atoms with Crippen LogP contribution in [0.15, 0.2) is 24.3 Å². The van der Waals surface area contributed by atoms with Crippen LogP contribution >= 0.6 is 0 Å². The smallest absolute Gasteiger partial charge is 0.251 e. The maximum absolute atomic E-state index is 12.8. The number of sulfone groups is 1. The molecule has 4 nitrogen and oxygen atoms in total. The van der Waals surface area contributed by atoms with E-state index in [2.05, 4.69) is 12.2 Å². The number of amides is 1. The first-order chi connectivity index (χ1) is 12.2. The Hall–Kier alpha value is -1.36. The average molecular weight is 376 g/mol. The van der Waals surface area contributed by atoms with Crippen molar-refractivity contribution in [2.45, 2.75) is 57.2 Å². The summed E-state index contributed by atoms with van der Waals surface area (Å²) in [5.74, 6) is 2.47. The number of carbonyl (C=O) groups is 1. The van der Waals surface area contributed by atoms with E-state index in [0.29, 0.717) is 11.1 Å². The minimum Gasteiger partial charge on any atom is -0.349 e. The molecule has 1 N–H and O–H groups in total. The third kappa shape index (κ3) is 3.55. The van der Waals surface area contributed by atoms with Gasteiger partial charge in [0.05, 0.1) is 5.75 Å². The summed E-state index contributed by atoms with van der Waals surface area (Å²) in [5, 5.41) is 3.25. The van der Waals surface area contributed by atoms with Crippen molar-refractivity contribution in [3.05, 3.63) is 35.4 Å². The third-order valence-corrected chi connectivity index (χ3v) is 7.83. The molecule has 0 heterocycles. The quantitative estimate of drug-likeness (QED) is 0.856. The summed E-state index contributed by atoms with van der Waals surface area (Å²) in [6.07, 6.45) is 9.18. The lowest BCUT2D eigenvalue weighted by molar-refractivity contribution is -0.0688. The summed E-state index contributed by atoms with van der Waals surface area (Å²) in [4.78, 5) is 12.8. The van der Waals surface area contributed by atoms with Gasteiger partial charge in [0.2, 0.25) is 0 Å². The zero-order valence-electron chi connectivity index (χ0n) is 15.7. The van der Waals surface area contributed by atoms with Gasteiger partial charge in [-0.3, -0.25) is 4.79 Å². The van der Waals surface area contributed by atoms with Gasteiger partial charge in [0.15, 0.2) is 9.84 Å². The molecule has 0 saturated heterocycles. The van der Waals surface area contributed by atoms with Gasteiger partial charge in [-0.25, -0.2) is 8.42 Å². The Labute approximate surface area is 156 Å². The summed E-state index contributed by atoms with van der Waals surface area (Å²) in [6, 6.07) is 7.18. The Morgan fingerprint density at radius 3 is 2.27 bits per heavy atom. The molecule has 0 radical (unpaired) electrons. The highest BCUT2D eigenvalue weighted by atomic mass is 32.2. The maximum Gasteiger partial charge on any atom is 0.251 e. The number of benzene rings is 1. The Balaban J connectivity index is 1.47. The molecule has 4 fully saturated rings. The maximum atomic E-state index is 12.8. The molecule has 4 aliphatic rings. The molecule has 0 aromatic heterocycles. The van der Waals surface area contributed by atoms with Gasteiger partial charge >= 0.3 is 0 Å². The molecule has 5 rings (SSSR count). The predicted molar refractivity (Wildman–Crippen MR) is 103 cm³/mol. The van der Waals surface area contributed by atoms with Crippen molar-refractivity contribution < 1.29 is 13.2 Å². The molecule has 0 aliphatic heterocycles. The van der Waals surface area contributed by atoms with Crippen molar-refractivity contribution >= 4 is 15.7 Å². The summed E-state index contributed by atoms with van der Waals surface area (Å²) in [5.41, 5.74) is 1.50. The molecule has 0 spiro atoms. The zero-order chi connectivity index (χ0) is 18.5. The van der Waals surface area contributed by atoms with Crippen LogP contribution in [0.4, 0.5) is 0 Å². The molecule has 1 aromatic rings. The van der Waals surface area contributed by atoms with Crippen LogP contribution < -0.4 is 5.32 Å². The van der Waals surface area contributed by atoms with Crippen molar-refractivity contribution in [2.75, 3.05) is 6.26 Å². The van der Waals surface area contributed by atoms with Gasteiger partial charge in [0.1, 0.15) is 0 Å². The minimum absolute atomic E-state index is 0.0291. The fraction of sp³-hybridized carbons (Fsp3) is 0.667. The summed E-state index contributed by atoms with van der Waals surface area (Å²) in [7, 11) is -3.11. The van der Waals surface area contributed by atoms with E-state index in [1.165, 1.54) is 44.8 Å². The summed E-state index contributed by atoms with van der Waals surface area (Å²) >= 11 is 0.